The van der Waals surface area contributed by atoms with Gasteiger partial charge in [0.05, 0.1) is 0 Å². The fourth-order valence-electron chi connectivity index (χ4n) is 1.35. The predicted octanol–water partition coefficient (Wildman–Crippen LogP) is 2.99. The first-order valence-corrected chi connectivity index (χ1v) is 5.39. The summed E-state index contributed by atoms with van der Waals surface area (Å²) in [6, 6.07) is 4.11. The Hall–Kier alpha value is -1.85. The van der Waals surface area contributed by atoms with Crippen molar-refractivity contribution < 1.29 is 23.0 Å². The standard InChI is InChI=1S/C12H13F2NO3/c1-11(2,3)10(16)15-7-4-5-8-9(6-7)18-12(13,14)17-8/h4-6H,1-3H3,(H,15,16). The zero-order valence-electron chi connectivity index (χ0n) is 10.2. The highest BCUT2D eigenvalue weighted by Gasteiger charge is 2.43. The van der Waals surface area contributed by atoms with Crippen LogP contribution in [0.15, 0.2) is 18.2 Å². The van der Waals surface area contributed by atoms with Crippen molar-refractivity contribution in [3.05, 3.63) is 18.2 Å². The van der Waals surface area contributed by atoms with Crippen molar-refractivity contribution in [1.29, 1.82) is 0 Å². The number of alkyl halides is 2. The number of hydrogen-bond donors (Lipinski definition) is 1. The van der Waals surface area contributed by atoms with E-state index >= 15 is 0 Å². The summed E-state index contributed by atoms with van der Waals surface area (Å²) in [6.45, 7) is 5.26. The van der Waals surface area contributed by atoms with E-state index < -0.39 is 11.7 Å². The molecule has 0 atom stereocenters. The fraction of sp³-hybridized carbons (Fsp3) is 0.417. The summed E-state index contributed by atoms with van der Waals surface area (Å²) in [5.74, 6) is -0.353. The van der Waals surface area contributed by atoms with Gasteiger partial charge in [0.2, 0.25) is 5.91 Å². The van der Waals surface area contributed by atoms with Crippen LogP contribution >= 0.6 is 0 Å². The molecule has 98 valence electrons. The minimum Gasteiger partial charge on any atom is -0.395 e. The van der Waals surface area contributed by atoms with Crippen molar-refractivity contribution in [2.75, 3.05) is 5.32 Å². The molecule has 0 bridgehead atoms. The molecular weight excluding hydrogens is 244 g/mol. The van der Waals surface area contributed by atoms with Crippen molar-refractivity contribution >= 4 is 11.6 Å². The SMILES string of the molecule is CC(C)(C)C(=O)Nc1ccc2c(c1)OC(F)(F)O2. The first-order valence-electron chi connectivity index (χ1n) is 5.39. The lowest BCUT2D eigenvalue weighted by Gasteiger charge is -2.17. The van der Waals surface area contributed by atoms with Gasteiger partial charge in [-0.05, 0) is 12.1 Å². The zero-order chi connectivity index (χ0) is 13.6. The van der Waals surface area contributed by atoms with E-state index in [1.807, 2.05) is 0 Å². The summed E-state index contributed by atoms with van der Waals surface area (Å²) in [6.07, 6.45) is -3.64. The lowest BCUT2D eigenvalue weighted by atomic mass is 9.95. The van der Waals surface area contributed by atoms with E-state index in [-0.39, 0.29) is 17.4 Å². The number of amides is 1. The number of carbonyl (C=O) groups is 1. The quantitative estimate of drug-likeness (QED) is 0.841. The number of hydrogen-bond acceptors (Lipinski definition) is 3. The van der Waals surface area contributed by atoms with Crippen LogP contribution in [0.3, 0.4) is 0 Å². The first kappa shape index (κ1) is 12.6. The van der Waals surface area contributed by atoms with Crippen molar-refractivity contribution in [2.45, 2.75) is 27.1 Å². The van der Waals surface area contributed by atoms with Crippen molar-refractivity contribution in [1.82, 2.24) is 0 Å². The molecule has 1 aliphatic rings. The largest absolute Gasteiger partial charge is 0.586 e. The third kappa shape index (κ3) is 2.52. The Balaban J connectivity index is 2.17. The third-order valence-electron chi connectivity index (χ3n) is 2.34. The van der Waals surface area contributed by atoms with Crippen LogP contribution in [0.5, 0.6) is 11.5 Å². The molecule has 0 fully saturated rings. The molecule has 0 aliphatic carbocycles. The van der Waals surface area contributed by atoms with Crippen LogP contribution in [0.2, 0.25) is 0 Å². The Bertz CT molecular complexity index is 495. The van der Waals surface area contributed by atoms with Gasteiger partial charge in [-0.1, -0.05) is 20.8 Å². The van der Waals surface area contributed by atoms with Gasteiger partial charge >= 0.3 is 6.29 Å². The maximum absolute atomic E-state index is 12.8. The maximum atomic E-state index is 12.8. The molecule has 0 saturated carbocycles. The number of rotatable bonds is 1. The Morgan fingerprint density at radius 3 is 2.44 bits per heavy atom. The summed E-state index contributed by atoms with van der Waals surface area (Å²) in [5.41, 5.74) is -0.185. The third-order valence-corrected chi connectivity index (χ3v) is 2.34. The van der Waals surface area contributed by atoms with E-state index in [1.54, 1.807) is 20.8 Å². The van der Waals surface area contributed by atoms with Crippen LogP contribution in [-0.2, 0) is 4.79 Å². The van der Waals surface area contributed by atoms with Crippen molar-refractivity contribution in [3.63, 3.8) is 0 Å². The Morgan fingerprint density at radius 1 is 1.22 bits per heavy atom. The first-order chi connectivity index (χ1) is 8.17. The summed E-state index contributed by atoms with van der Waals surface area (Å²) in [4.78, 5) is 11.7. The van der Waals surface area contributed by atoms with Crippen LogP contribution in [0.4, 0.5) is 14.5 Å². The van der Waals surface area contributed by atoms with Crippen LogP contribution in [0.1, 0.15) is 20.8 Å². The molecule has 0 saturated heterocycles. The van der Waals surface area contributed by atoms with Crippen LogP contribution in [0, 0.1) is 5.41 Å². The molecule has 1 aliphatic heterocycles. The van der Waals surface area contributed by atoms with E-state index in [0.717, 1.165) is 0 Å². The van der Waals surface area contributed by atoms with Gasteiger partial charge in [0.25, 0.3) is 0 Å². The lowest BCUT2D eigenvalue weighted by Crippen LogP contribution is -2.27. The van der Waals surface area contributed by atoms with E-state index in [2.05, 4.69) is 14.8 Å². The lowest BCUT2D eigenvalue weighted by molar-refractivity contribution is -0.286. The number of fused-ring (bicyclic) bond motifs is 1. The van der Waals surface area contributed by atoms with Gasteiger partial charge in [-0.3, -0.25) is 4.79 Å². The average molecular weight is 257 g/mol. The van der Waals surface area contributed by atoms with Crippen LogP contribution < -0.4 is 14.8 Å². The number of benzene rings is 1. The highest BCUT2D eigenvalue weighted by Crippen LogP contribution is 2.42. The monoisotopic (exact) mass is 257 g/mol. The van der Waals surface area contributed by atoms with Gasteiger partial charge < -0.3 is 14.8 Å². The molecule has 1 N–H and O–H groups in total. The Labute approximate surface area is 103 Å². The second-order valence-corrected chi connectivity index (χ2v) is 5.03. The minimum atomic E-state index is -3.64. The summed E-state index contributed by atoms with van der Waals surface area (Å²) in [5, 5.41) is 2.62. The Morgan fingerprint density at radius 2 is 1.83 bits per heavy atom. The average Bonchev–Trinajstić information content (AvgIpc) is 2.49. The van der Waals surface area contributed by atoms with Gasteiger partial charge in [0.15, 0.2) is 11.5 Å². The van der Waals surface area contributed by atoms with Gasteiger partial charge in [0.1, 0.15) is 0 Å². The zero-order valence-corrected chi connectivity index (χ0v) is 10.2. The second-order valence-electron chi connectivity index (χ2n) is 5.03. The Kier molecular flexibility index (Phi) is 2.68. The highest BCUT2D eigenvalue weighted by atomic mass is 19.3. The maximum Gasteiger partial charge on any atom is 0.586 e. The molecule has 1 amide bonds. The fourth-order valence-corrected chi connectivity index (χ4v) is 1.35. The van der Waals surface area contributed by atoms with Crippen molar-refractivity contribution in [2.24, 2.45) is 5.41 Å². The molecule has 0 spiro atoms. The second kappa shape index (κ2) is 3.83. The molecule has 0 aromatic heterocycles. The highest BCUT2D eigenvalue weighted by molar-refractivity contribution is 5.94. The molecule has 1 heterocycles. The summed E-state index contributed by atoms with van der Waals surface area (Å²) in [7, 11) is 0. The van der Waals surface area contributed by atoms with Gasteiger partial charge in [-0.15, -0.1) is 8.78 Å². The van der Waals surface area contributed by atoms with Crippen molar-refractivity contribution in [3.8, 4) is 11.5 Å². The minimum absolute atomic E-state index is 0.0474. The number of halogens is 2. The number of anilines is 1. The topological polar surface area (TPSA) is 47.6 Å². The molecule has 0 radical (unpaired) electrons. The van der Waals surface area contributed by atoms with Crippen LogP contribution in [-0.4, -0.2) is 12.2 Å². The van der Waals surface area contributed by atoms with Gasteiger partial charge in [0, 0.05) is 17.2 Å². The molecule has 6 heteroatoms. The number of carbonyl (C=O) groups excluding carboxylic acids is 1. The molecule has 1 aromatic carbocycles. The van der Waals surface area contributed by atoms with E-state index in [9.17, 15) is 13.6 Å². The number of ether oxygens (including phenoxy) is 2. The van der Waals surface area contributed by atoms with Crippen LogP contribution in [0.25, 0.3) is 0 Å². The smallest absolute Gasteiger partial charge is 0.395 e. The molecule has 0 unspecified atom stereocenters. The molecular formula is C12H13F2NO3. The van der Waals surface area contributed by atoms with E-state index in [4.69, 9.17) is 0 Å². The van der Waals surface area contributed by atoms with E-state index in [0.29, 0.717) is 5.69 Å². The molecule has 2 rings (SSSR count). The van der Waals surface area contributed by atoms with E-state index in [1.165, 1.54) is 18.2 Å². The van der Waals surface area contributed by atoms with Gasteiger partial charge in [-0.25, -0.2) is 0 Å². The molecule has 1 aromatic rings. The normalized spacial score (nSPS) is 16.5. The predicted molar refractivity (Wildman–Crippen MR) is 60.7 cm³/mol. The van der Waals surface area contributed by atoms with Gasteiger partial charge in [-0.2, -0.15) is 0 Å². The number of nitrogens with one attached hydrogen (secondary N) is 1. The summed E-state index contributed by atoms with van der Waals surface area (Å²) < 4.78 is 34.1. The summed E-state index contributed by atoms with van der Waals surface area (Å²) >= 11 is 0. The molecule has 18 heavy (non-hydrogen) atoms. The molecule has 4 nitrogen and oxygen atoms in total.